The van der Waals surface area contributed by atoms with E-state index in [0.717, 1.165) is 0 Å². The molecule has 0 unspecified atom stereocenters. The minimum absolute atomic E-state index is 1.33. The largest absolute Gasteiger partial charge is 0.307 e. The Bertz CT molecular complexity index is 1930. The zero-order chi connectivity index (χ0) is 41.0. The van der Waals surface area contributed by atoms with Crippen LogP contribution in [0.4, 0.5) is 93.5 Å². The molecule has 0 bridgehead atoms. The predicted octanol–water partition coefficient (Wildman–Crippen LogP) is 6.31. The highest BCUT2D eigenvalue weighted by Gasteiger charge is 2.52. The third-order valence-electron chi connectivity index (χ3n) is 8.06. The Kier molecular flexibility index (Phi) is 11.4. The third kappa shape index (κ3) is 6.08. The van der Waals surface area contributed by atoms with Gasteiger partial charge in [-0.3, -0.25) is 0 Å². The van der Waals surface area contributed by atoms with Gasteiger partial charge in [0, 0.05) is 0 Å². The summed E-state index contributed by atoms with van der Waals surface area (Å²) in [7, 11) is 4.24. The average Bonchev–Trinajstić information content (AvgIpc) is 3.15. The van der Waals surface area contributed by atoms with Crippen LogP contribution < -0.4 is 26.8 Å². The molecule has 0 aliphatic rings. The second-order valence-electron chi connectivity index (χ2n) is 11.2. The van der Waals surface area contributed by atoms with E-state index in [4.69, 9.17) is 0 Å². The molecule has 22 heteroatoms. The van der Waals surface area contributed by atoms with Crippen LogP contribution in [0.5, 0.6) is 0 Å². The van der Waals surface area contributed by atoms with E-state index in [1.54, 1.807) is 0 Å². The molecule has 0 saturated heterocycles. The van der Waals surface area contributed by atoms with E-state index in [-0.39, 0.29) is 0 Å². The van der Waals surface area contributed by atoms with Gasteiger partial charge in [-0.15, -0.1) is 21.9 Å². The number of nitrogens with one attached hydrogen (secondary N) is 1. The summed E-state index contributed by atoms with van der Waals surface area (Å²) in [6.45, 7) is 0. The molecule has 0 amide bonds. The molecule has 0 heterocycles. The van der Waals surface area contributed by atoms with Crippen molar-refractivity contribution in [1.29, 1.82) is 0 Å². The Labute approximate surface area is 287 Å². The molecule has 0 saturated carbocycles. The van der Waals surface area contributed by atoms with Crippen molar-refractivity contribution in [2.75, 3.05) is 14.1 Å². The number of hydrogen-bond acceptors (Lipinski definition) is 0. The first-order chi connectivity index (χ1) is 25.0. The Morgan fingerprint density at radius 2 is 0.444 bits per heavy atom. The molecular weight excluding hydrogens is 789 g/mol. The molecule has 288 valence electrons. The second kappa shape index (κ2) is 14.9. The van der Waals surface area contributed by atoms with Gasteiger partial charge in [0.15, 0.2) is 69.8 Å². The van der Waals surface area contributed by atoms with Gasteiger partial charge in [0.05, 0.1) is 14.1 Å². The number of quaternary nitrogens is 1. The molecule has 5 aromatic carbocycles. The van der Waals surface area contributed by atoms with Crippen molar-refractivity contribution in [3.8, 4) is 0 Å². The van der Waals surface area contributed by atoms with Crippen LogP contribution >= 0.6 is 0 Å². The lowest BCUT2D eigenvalue weighted by molar-refractivity contribution is -0.786. The van der Waals surface area contributed by atoms with E-state index in [0.29, 0.717) is 0 Å². The van der Waals surface area contributed by atoms with Crippen LogP contribution in [0.2, 0.25) is 0 Å². The highest BCUT2D eigenvalue weighted by molar-refractivity contribution is 7.20. The summed E-state index contributed by atoms with van der Waals surface area (Å²) in [6.07, 6.45) is -7.22. The zero-order valence-electron chi connectivity index (χ0n) is 26.0. The van der Waals surface area contributed by atoms with Gasteiger partial charge < -0.3 is 4.90 Å². The quantitative estimate of drug-likeness (QED) is 0.0922. The summed E-state index contributed by atoms with van der Waals surface area (Å²) < 4.78 is 294. The van der Waals surface area contributed by atoms with E-state index >= 15 is 35.1 Å². The van der Waals surface area contributed by atoms with Gasteiger partial charge in [0.2, 0.25) is 0 Å². The van der Waals surface area contributed by atoms with E-state index in [1.165, 1.54) is 10.6 Å². The summed E-state index contributed by atoms with van der Waals surface area (Å²) in [5.74, 6) is -71.4. The van der Waals surface area contributed by atoms with Crippen molar-refractivity contribution >= 4 is 33.7 Å². The van der Waals surface area contributed by atoms with E-state index in [1.807, 2.05) is 6.07 Å². The number of halogens is 20. The molecule has 0 aliphatic heterocycles. The fourth-order valence-electron chi connectivity index (χ4n) is 5.65. The maximum Gasteiger partial charge on any atom is 0.200 e. The monoisotopic (exact) mass is 801 g/mol. The summed E-state index contributed by atoms with van der Waals surface area (Å²) >= 11 is 0. The number of rotatable bonds is 5. The fraction of sp³-hybridized carbons (Fsp3) is 0.0625. The molecule has 0 aliphatic carbocycles. The number of hydrogen-bond donors (Lipinski definition) is 1. The van der Waals surface area contributed by atoms with Crippen LogP contribution in [-0.2, 0) is 0 Å². The van der Waals surface area contributed by atoms with Crippen LogP contribution in [0.1, 0.15) is 0 Å². The number of para-hydroxylation sites is 1. The van der Waals surface area contributed by atoms with Crippen LogP contribution in [-0.4, -0.2) is 20.2 Å². The molecule has 0 radical (unpaired) electrons. The van der Waals surface area contributed by atoms with Crippen molar-refractivity contribution in [3.05, 3.63) is 147 Å². The van der Waals surface area contributed by atoms with Crippen LogP contribution in [0.25, 0.3) is 0 Å². The van der Waals surface area contributed by atoms with Gasteiger partial charge in [-0.05, 0) is 12.1 Å². The van der Waals surface area contributed by atoms with Crippen molar-refractivity contribution < 1.29 is 92.7 Å². The molecule has 1 nitrogen and oxygen atoms in total. The lowest BCUT2D eigenvalue weighted by Crippen LogP contribution is -3.00. The molecule has 0 spiro atoms. The van der Waals surface area contributed by atoms with Crippen molar-refractivity contribution in [2.45, 2.75) is 0 Å². The lowest BCUT2D eigenvalue weighted by Gasteiger charge is -2.44. The molecular formula is C32H12BF20N. The Morgan fingerprint density at radius 1 is 0.278 bits per heavy atom. The normalized spacial score (nSPS) is 11.7. The SMILES string of the molecule is C[NH+](C)c1ccccc1.Fc1c(F)c(F)c([B-](c2c(F)c(F)c(F)c(F)c2F)(c2c(F)c(F)c(F)c(F)c2F)c2c(F)c(F)c(F)c(F)c2F)c(F)c1F. The topological polar surface area (TPSA) is 4.44 Å². The van der Waals surface area contributed by atoms with Gasteiger partial charge in [0.1, 0.15) is 58.4 Å². The van der Waals surface area contributed by atoms with Crippen LogP contribution in [0.3, 0.4) is 0 Å². The fourth-order valence-corrected chi connectivity index (χ4v) is 5.65. The van der Waals surface area contributed by atoms with Crippen molar-refractivity contribution in [1.82, 2.24) is 0 Å². The maximum atomic E-state index is 15.4. The third-order valence-corrected chi connectivity index (χ3v) is 8.06. The van der Waals surface area contributed by atoms with Gasteiger partial charge in [-0.2, -0.15) is 0 Å². The van der Waals surface area contributed by atoms with E-state index in [9.17, 15) is 52.7 Å². The van der Waals surface area contributed by atoms with Gasteiger partial charge in [-0.1, -0.05) is 18.2 Å². The lowest BCUT2D eigenvalue weighted by atomic mass is 9.12. The average molecular weight is 801 g/mol. The highest BCUT2D eigenvalue weighted by Crippen LogP contribution is 2.30. The molecule has 0 aromatic heterocycles. The molecule has 1 N–H and O–H groups in total. The summed E-state index contributed by atoms with van der Waals surface area (Å²) in [6, 6.07) is 10.4. The van der Waals surface area contributed by atoms with Gasteiger partial charge in [0.25, 0.3) is 0 Å². The van der Waals surface area contributed by atoms with Crippen molar-refractivity contribution in [2.24, 2.45) is 0 Å². The zero-order valence-corrected chi connectivity index (χ0v) is 26.0. The molecule has 0 atom stereocenters. The molecule has 0 fully saturated rings. The minimum Gasteiger partial charge on any atom is -0.307 e. The second-order valence-corrected chi connectivity index (χ2v) is 11.2. The molecule has 5 aromatic rings. The van der Waals surface area contributed by atoms with Gasteiger partial charge in [-0.25, -0.2) is 87.8 Å². The first-order valence-electron chi connectivity index (χ1n) is 14.1. The summed E-state index contributed by atoms with van der Waals surface area (Å²) in [5.41, 5.74) is -13.0. The molecule has 5 rings (SSSR count). The first-order valence-corrected chi connectivity index (χ1v) is 14.1. The van der Waals surface area contributed by atoms with E-state index < -0.39 is 144 Å². The highest BCUT2D eigenvalue weighted by atomic mass is 19.2. The maximum absolute atomic E-state index is 15.4. The Hall–Kier alpha value is -5.28. The Balaban J connectivity index is 0.000000631. The van der Waals surface area contributed by atoms with E-state index in [2.05, 4.69) is 38.4 Å². The molecule has 54 heavy (non-hydrogen) atoms. The van der Waals surface area contributed by atoms with Gasteiger partial charge >= 0.3 is 0 Å². The standard InChI is InChI=1S/C24BF20.C8H11N/c26-5-1(6(27)14(35)21(42)13(5)34)25(2-7(28)15(36)22(43)16(37)8(2)29,3-9(30)17(38)23(44)18(39)10(3)31)4-11(32)19(40)24(45)20(41)12(4)33;1-9(2)8-6-4-3-5-7-8/h;3-7H,1-2H3/q-1;/p+1. The Morgan fingerprint density at radius 3 is 0.593 bits per heavy atom. The van der Waals surface area contributed by atoms with Crippen LogP contribution in [0.15, 0.2) is 30.3 Å². The first kappa shape index (κ1) is 41.5. The van der Waals surface area contributed by atoms with Crippen molar-refractivity contribution in [3.63, 3.8) is 0 Å². The summed E-state index contributed by atoms with van der Waals surface area (Å²) in [5, 5.41) is 0. The van der Waals surface area contributed by atoms with Crippen LogP contribution in [0, 0.1) is 116 Å². The minimum atomic E-state index is -7.22. The predicted molar refractivity (Wildman–Crippen MR) is 148 cm³/mol. The smallest absolute Gasteiger partial charge is 0.200 e. The number of benzene rings is 5. The summed E-state index contributed by atoms with van der Waals surface area (Å²) in [4.78, 5) is 1.37.